The topological polar surface area (TPSA) is 115 Å². The van der Waals surface area contributed by atoms with Crippen LogP contribution < -0.4 is 21.5 Å². The molecule has 0 saturated heterocycles. The summed E-state index contributed by atoms with van der Waals surface area (Å²) < 4.78 is 0. The van der Waals surface area contributed by atoms with Crippen molar-refractivity contribution in [2.45, 2.75) is 6.42 Å². The molecule has 0 aliphatic carbocycles. The predicted octanol–water partition coefficient (Wildman–Crippen LogP) is 1.12. The number of hydrazine groups is 1. The number of amides is 2. The number of anilines is 2. The van der Waals surface area contributed by atoms with Crippen LogP contribution in [0.15, 0.2) is 29.3 Å². The Hall–Kier alpha value is -1.91. The molecular weight excluding hydrogens is 374 g/mol. The Morgan fingerprint density at radius 2 is 1.81 bits per heavy atom. The highest BCUT2D eigenvalue weighted by Crippen LogP contribution is 2.14. The third kappa shape index (κ3) is 8.97. The second-order valence-corrected chi connectivity index (χ2v) is 6.78. The predicted molar refractivity (Wildman–Crippen MR) is 111 cm³/mol. The van der Waals surface area contributed by atoms with Gasteiger partial charge in [-0.1, -0.05) is 11.8 Å². The van der Waals surface area contributed by atoms with Crippen LogP contribution in [0.4, 0.5) is 11.4 Å². The van der Waals surface area contributed by atoms with E-state index >= 15 is 0 Å². The Labute approximate surface area is 162 Å². The van der Waals surface area contributed by atoms with Gasteiger partial charge in [0.05, 0.1) is 12.2 Å². The fourth-order valence-electron chi connectivity index (χ4n) is 1.70. The average Bonchev–Trinajstić information content (AvgIpc) is 2.66. The summed E-state index contributed by atoms with van der Waals surface area (Å²) in [5.41, 5.74) is 6.51. The van der Waals surface area contributed by atoms with Crippen molar-refractivity contribution in [1.29, 1.82) is 0 Å². The average molecular weight is 400 g/mol. The van der Waals surface area contributed by atoms with E-state index in [1.807, 2.05) is 24.6 Å². The fourth-order valence-corrected chi connectivity index (χ4v) is 2.42. The molecule has 26 heavy (non-hydrogen) atoms. The summed E-state index contributed by atoms with van der Waals surface area (Å²) in [6, 6.07) is 7.23. The lowest BCUT2D eigenvalue weighted by atomic mass is 10.3. The van der Waals surface area contributed by atoms with Crippen molar-refractivity contribution in [1.82, 2.24) is 10.7 Å². The Morgan fingerprint density at radius 1 is 1.12 bits per heavy atom. The lowest BCUT2D eigenvalue weighted by molar-refractivity contribution is -0.138. The molecule has 8 nitrogen and oxygen atoms in total. The van der Waals surface area contributed by atoms with E-state index in [-0.39, 0.29) is 13.2 Å². The smallest absolute Gasteiger partial charge is 0.327 e. The molecule has 0 unspecified atom stereocenters. The number of carbonyl (C=O) groups excluding carboxylic acids is 2. The van der Waals surface area contributed by atoms with Crippen LogP contribution in [-0.4, -0.2) is 60.0 Å². The molecule has 10 heteroatoms. The summed E-state index contributed by atoms with van der Waals surface area (Å²) in [4.78, 5) is 27.6. The lowest BCUT2D eigenvalue weighted by Gasteiger charge is -2.11. The van der Waals surface area contributed by atoms with E-state index in [0.29, 0.717) is 12.1 Å². The maximum Gasteiger partial charge on any atom is 0.327 e. The van der Waals surface area contributed by atoms with Gasteiger partial charge in [-0.15, -0.1) is 0 Å². The number of aliphatic hydroxyl groups excluding tert-OH is 1. The SMILES string of the molecule is CSCCN=C(Nc1ccc(NNC(=O)C(=O)NCCCO)cc1)SC. The third-order valence-electron chi connectivity index (χ3n) is 3.03. The van der Waals surface area contributed by atoms with Gasteiger partial charge >= 0.3 is 11.8 Å². The zero-order chi connectivity index (χ0) is 19.2. The molecule has 0 aliphatic rings. The summed E-state index contributed by atoms with van der Waals surface area (Å²) in [5.74, 6) is -0.576. The molecule has 1 rings (SSSR count). The first kappa shape index (κ1) is 22.1. The molecular formula is C16H25N5O3S2. The summed E-state index contributed by atoms with van der Waals surface area (Å²) in [7, 11) is 0. The third-order valence-corrected chi connectivity index (χ3v) is 4.24. The molecule has 0 bridgehead atoms. The van der Waals surface area contributed by atoms with Gasteiger partial charge in [0.15, 0.2) is 5.17 Å². The zero-order valence-corrected chi connectivity index (χ0v) is 16.5. The quantitative estimate of drug-likeness (QED) is 0.139. The number of nitrogens with one attached hydrogen (secondary N) is 4. The number of hydrogen-bond acceptors (Lipinski definition) is 7. The van der Waals surface area contributed by atoms with Gasteiger partial charge in [-0.05, 0) is 43.2 Å². The molecule has 0 radical (unpaired) electrons. The first-order chi connectivity index (χ1) is 12.6. The van der Waals surface area contributed by atoms with Gasteiger partial charge < -0.3 is 15.7 Å². The van der Waals surface area contributed by atoms with Gasteiger partial charge in [-0.2, -0.15) is 11.8 Å². The molecule has 1 aromatic carbocycles. The highest BCUT2D eigenvalue weighted by molar-refractivity contribution is 8.13. The highest BCUT2D eigenvalue weighted by atomic mass is 32.2. The highest BCUT2D eigenvalue weighted by Gasteiger charge is 2.11. The maximum absolute atomic E-state index is 11.6. The van der Waals surface area contributed by atoms with Crippen molar-refractivity contribution in [2.24, 2.45) is 4.99 Å². The monoisotopic (exact) mass is 399 g/mol. The number of hydrogen-bond donors (Lipinski definition) is 5. The maximum atomic E-state index is 11.6. The molecule has 5 N–H and O–H groups in total. The fraction of sp³-hybridized carbons (Fsp3) is 0.438. The van der Waals surface area contributed by atoms with Crippen LogP contribution in [0.3, 0.4) is 0 Å². The van der Waals surface area contributed by atoms with Crippen molar-refractivity contribution in [3.8, 4) is 0 Å². The van der Waals surface area contributed by atoms with E-state index in [4.69, 9.17) is 5.11 Å². The zero-order valence-electron chi connectivity index (χ0n) is 14.9. The van der Waals surface area contributed by atoms with E-state index in [1.54, 1.807) is 35.7 Å². The van der Waals surface area contributed by atoms with E-state index in [2.05, 4.69) is 26.5 Å². The second kappa shape index (κ2) is 13.3. The first-order valence-corrected chi connectivity index (χ1v) is 10.6. The van der Waals surface area contributed by atoms with Gasteiger partial charge in [0.25, 0.3) is 0 Å². The minimum Gasteiger partial charge on any atom is -0.396 e. The Bertz CT molecular complexity index is 596. The van der Waals surface area contributed by atoms with Gasteiger partial charge in [0.2, 0.25) is 0 Å². The summed E-state index contributed by atoms with van der Waals surface area (Å²) in [6.07, 6.45) is 4.41. The summed E-state index contributed by atoms with van der Waals surface area (Å²) >= 11 is 3.29. The van der Waals surface area contributed by atoms with E-state index in [0.717, 1.165) is 23.2 Å². The molecule has 0 fully saturated rings. The normalized spacial score (nSPS) is 11.0. The van der Waals surface area contributed by atoms with Gasteiger partial charge in [-0.25, -0.2) is 0 Å². The van der Waals surface area contributed by atoms with Crippen LogP contribution in [0, 0.1) is 0 Å². The molecule has 0 atom stereocenters. The summed E-state index contributed by atoms with van der Waals surface area (Å²) in [6.45, 7) is 0.969. The molecule has 0 aliphatic heterocycles. The van der Waals surface area contributed by atoms with Gasteiger partial charge in [0.1, 0.15) is 0 Å². The van der Waals surface area contributed by atoms with Crippen molar-refractivity contribution in [2.75, 3.05) is 48.7 Å². The number of rotatable bonds is 9. The minimum absolute atomic E-state index is 0.0406. The molecule has 1 aromatic rings. The van der Waals surface area contributed by atoms with Crippen molar-refractivity contribution in [3.05, 3.63) is 24.3 Å². The Morgan fingerprint density at radius 3 is 2.42 bits per heavy atom. The molecule has 144 valence electrons. The molecule has 0 saturated carbocycles. The number of thioether (sulfide) groups is 2. The van der Waals surface area contributed by atoms with Crippen molar-refractivity contribution in [3.63, 3.8) is 0 Å². The number of aliphatic imine (C=N–C) groups is 1. The van der Waals surface area contributed by atoms with Crippen LogP contribution in [0.1, 0.15) is 6.42 Å². The lowest BCUT2D eigenvalue weighted by Crippen LogP contribution is -2.42. The molecule has 0 heterocycles. The number of nitrogens with zero attached hydrogens (tertiary/aromatic N) is 1. The van der Waals surface area contributed by atoms with E-state index < -0.39 is 11.8 Å². The molecule has 0 spiro atoms. The number of benzene rings is 1. The van der Waals surface area contributed by atoms with Crippen molar-refractivity contribution >= 4 is 51.9 Å². The second-order valence-electron chi connectivity index (χ2n) is 5.00. The van der Waals surface area contributed by atoms with Crippen LogP contribution in [-0.2, 0) is 9.59 Å². The van der Waals surface area contributed by atoms with Gasteiger partial charge in [0, 0.05) is 24.6 Å². The molecule has 2 amide bonds. The largest absolute Gasteiger partial charge is 0.396 e. The van der Waals surface area contributed by atoms with Gasteiger partial charge in [-0.3, -0.25) is 25.4 Å². The summed E-state index contributed by atoms with van der Waals surface area (Å²) in [5, 5.41) is 15.1. The number of amidine groups is 1. The van der Waals surface area contributed by atoms with E-state index in [1.165, 1.54) is 0 Å². The minimum atomic E-state index is -0.796. The van der Waals surface area contributed by atoms with Crippen LogP contribution >= 0.6 is 23.5 Å². The Balaban J connectivity index is 2.45. The Kier molecular flexibility index (Phi) is 11.3. The number of carbonyl (C=O) groups is 2. The van der Waals surface area contributed by atoms with E-state index in [9.17, 15) is 9.59 Å². The van der Waals surface area contributed by atoms with Crippen LogP contribution in [0.2, 0.25) is 0 Å². The first-order valence-electron chi connectivity index (χ1n) is 8.00. The van der Waals surface area contributed by atoms with Crippen LogP contribution in [0.5, 0.6) is 0 Å². The standard InChI is InChI=1S/C16H25N5O3S2/c1-25-11-9-18-16(26-2)19-12-4-6-13(7-5-12)20-21-15(24)14(23)17-8-3-10-22/h4-7,20,22H,3,8-11H2,1-2H3,(H,17,23)(H,18,19)(H,21,24). The van der Waals surface area contributed by atoms with Crippen LogP contribution in [0.25, 0.3) is 0 Å². The molecule has 0 aromatic heterocycles. The van der Waals surface area contributed by atoms with Crippen molar-refractivity contribution < 1.29 is 14.7 Å². The number of aliphatic hydroxyl groups is 1.